The highest BCUT2D eigenvalue weighted by molar-refractivity contribution is 9.10. The number of thioether (sulfide) groups is 1. The molecule has 0 saturated carbocycles. The van der Waals surface area contributed by atoms with Gasteiger partial charge in [-0.15, -0.1) is 11.8 Å². The average Bonchev–Trinajstić information content (AvgIpc) is 2.46. The van der Waals surface area contributed by atoms with Crippen LogP contribution in [0.5, 0.6) is 5.75 Å². The highest BCUT2D eigenvalue weighted by Gasteiger charge is 2.04. The van der Waals surface area contributed by atoms with Crippen LogP contribution in [0.4, 0.5) is 0 Å². The van der Waals surface area contributed by atoms with Crippen molar-refractivity contribution in [3.8, 4) is 11.8 Å². The third-order valence-electron chi connectivity index (χ3n) is 2.60. The largest absolute Gasteiger partial charge is 0.488 e. The molecule has 96 valence electrons. The molecule has 0 aromatic heterocycles. The first-order valence-electron chi connectivity index (χ1n) is 5.68. The Morgan fingerprint density at radius 1 is 1.21 bits per heavy atom. The fourth-order valence-electron chi connectivity index (χ4n) is 1.60. The number of hydrogen-bond donors (Lipinski definition) is 0. The van der Waals surface area contributed by atoms with E-state index in [-0.39, 0.29) is 0 Å². The maximum absolute atomic E-state index is 8.74. The Balaban J connectivity index is 2.07. The van der Waals surface area contributed by atoms with E-state index in [9.17, 15) is 0 Å². The fourth-order valence-corrected chi connectivity index (χ4v) is 2.68. The van der Waals surface area contributed by atoms with Gasteiger partial charge in [0.2, 0.25) is 0 Å². The second-order valence-electron chi connectivity index (χ2n) is 3.89. The van der Waals surface area contributed by atoms with E-state index in [0.717, 1.165) is 20.7 Å². The molecular weight excluding hydrogens is 322 g/mol. The molecule has 0 spiro atoms. The van der Waals surface area contributed by atoms with Crippen molar-refractivity contribution in [3.05, 3.63) is 58.1 Å². The first-order chi connectivity index (χ1) is 9.22. The molecular formula is C15H12BrNOS. The minimum Gasteiger partial charge on any atom is -0.488 e. The van der Waals surface area contributed by atoms with Gasteiger partial charge in [0.1, 0.15) is 12.4 Å². The Hall–Kier alpha value is -1.44. The molecule has 19 heavy (non-hydrogen) atoms. The van der Waals surface area contributed by atoms with Crippen molar-refractivity contribution in [2.75, 3.05) is 6.26 Å². The zero-order valence-electron chi connectivity index (χ0n) is 10.4. The summed E-state index contributed by atoms with van der Waals surface area (Å²) < 4.78 is 6.86. The molecule has 2 aromatic rings. The summed E-state index contributed by atoms with van der Waals surface area (Å²) in [5, 5.41) is 8.74. The Labute approximate surface area is 125 Å². The van der Waals surface area contributed by atoms with Crippen LogP contribution in [0.3, 0.4) is 0 Å². The molecule has 0 aliphatic heterocycles. The van der Waals surface area contributed by atoms with Crippen molar-refractivity contribution in [2.24, 2.45) is 0 Å². The molecule has 0 radical (unpaired) electrons. The lowest BCUT2D eigenvalue weighted by atomic mass is 10.2. The molecule has 0 heterocycles. The van der Waals surface area contributed by atoms with Crippen LogP contribution in [0.15, 0.2) is 51.8 Å². The zero-order chi connectivity index (χ0) is 13.7. The molecule has 0 N–H and O–H groups in total. The van der Waals surface area contributed by atoms with Crippen molar-refractivity contribution in [1.82, 2.24) is 0 Å². The van der Waals surface area contributed by atoms with Crippen LogP contribution < -0.4 is 4.74 Å². The summed E-state index contributed by atoms with van der Waals surface area (Å²) in [7, 11) is 0. The molecule has 0 unspecified atom stereocenters. The van der Waals surface area contributed by atoms with Gasteiger partial charge < -0.3 is 4.74 Å². The molecule has 0 aliphatic rings. The molecule has 2 rings (SSSR count). The quantitative estimate of drug-likeness (QED) is 0.765. The lowest BCUT2D eigenvalue weighted by molar-refractivity contribution is 0.299. The van der Waals surface area contributed by atoms with Crippen LogP contribution in [0, 0.1) is 11.3 Å². The van der Waals surface area contributed by atoms with Gasteiger partial charge in [-0.05, 0) is 42.2 Å². The maximum atomic E-state index is 8.74. The smallest absolute Gasteiger partial charge is 0.133 e. The monoisotopic (exact) mass is 333 g/mol. The number of nitrogens with zero attached hydrogens (tertiary/aromatic N) is 1. The minimum atomic E-state index is 0.501. The summed E-state index contributed by atoms with van der Waals surface area (Å²) >= 11 is 5.10. The summed E-state index contributed by atoms with van der Waals surface area (Å²) in [4.78, 5) is 1.10. The second-order valence-corrected chi connectivity index (χ2v) is 5.66. The topological polar surface area (TPSA) is 33.0 Å². The molecule has 2 nitrogen and oxygen atoms in total. The van der Waals surface area contributed by atoms with Crippen LogP contribution in [-0.4, -0.2) is 6.26 Å². The molecule has 0 fully saturated rings. The van der Waals surface area contributed by atoms with E-state index in [0.29, 0.717) is 12.2 Å². The minimum absolute atomic E-state index is 0.501. The summed E-state index contributed by atoms with van der Waals surface area (Å²) in [6, 6.07) is 15.5. The standard InChI is InChI=1S/C15H12BrNOS/c1-19-15-8-13(16)6-7-14(15)18-10-12-4-2-11(9-17)3-5-12/h2-8H,10H2,1H3. The number of hydrogen-bond acceptors (Lipinski definition) is 3. The van der Waals surface area contributed by atoms with Gasteiger partial charge in [0, 0.05) is 4.47 Å². The third kappa shape index (κ3) is 3.76. The van der Waals surface area contributed by atoms with E-state index < -0.39 is 0 Å². The van der Waals surface area contributed by atoms with E-state index in [1.165, 1.54) is 0 Å². The van der Waals surface area contributed by atoms with E-state index in [1.54, 1.807) is 23.9 Å². The van der Waals surface area contributed by atoms with Crippen molar-refractivity contribution >= 4 is 27.7 Å². The Morgan fingerprint density at radius 2 is 1.95 bits per heavy atom. The van der Waals surface area contributed by atoms with E-state index in [4.69, 9.17) is 10.00 Å². The van der Waals surface area contributed by atoms with Gasteiger partial charge in [-0.2, -0.15) is 5.26 Å². The molecule has 0 aliphatic carbocycles. The van der Waals surface area contributed by atoms with Gasteiger partial charge in [-0.1, -0.05) is 28.1 Å². The number of ether oxygens (including phenoxy) is 1. The summed E-state index contributed by atoms with van der Waals surface area (Å²) in [6.07, 6.45) is 2.02. The molecule has 2 aromatic carbocycles. The second kappa shape index (κ2) is 6.65. The lowest BCUT2D eigenvalue weighted by Gasteiger charge is -2.10. The molecule has 0 amide bonds. The Kier molecular flexibility index (Phi) is 4.89. The van der Waals surface area contributed by atoms with Gasteiger partial charge >= 0.3 is 0 Å². The van der Waals surface area contributed by atoms with E-state index in [2.05, 4.69) is 22.0 Å². The van der Waals surface area contributed by atoms with Gasteiger partial charge in [0.25, 0.3) is 0 Å². The van der Waals surface area contributed by atoms with Gasteiger partial charge in [0.05, 0.1) is 16.5 Å². The van der Waals surface area contributed by atoms with Gasteiger partial charge in [-0.3, -0.25) is 0 Å². The van der Waals surface area contributed by atoms with Crippen LogP contribution in [-0.2, 0) is 6.61 Å². The first kappa shape index (κ1) is 14.0. The molecule has 0 atom stereocenters. The van der Waals surface area contributed by atoms with Crippen molar-refractivity contribution in [3.63, 3.8) is 0 Å². The summed E-state index contributed by atoms with van der Waals surface area (Å²) in [6.45, 7) is 0.501. The first-order valence-corrected chi connectivity index (χ1v) is 7.70. The molecule has 0 saturated heterocycles. The molecule has 4 heteroatoms. The fraction of sp³-hybridized carbons (Fsp3) is 0.133. The number of nitriles is 1. The zero-order valence-corrected chi connectivity index (χ0v) is 12.8. The van der Waals surface area contributed by atoms with E-state index in [1.807, 2.05) is 36.6 Å². The normalized spacial score (nSPS) is 9.95. The SMILES string of the molecule is CSc1cc(Br)ccc1OCc1ccc(C#N)cc1. The number of benzene rings is 2. The van der Waals surface area contributed by atoms with Crippen molar-refractivity contribution < 1.29 is 4.74 Å². The predicted molar refractivity (Wildman–Crippen MR) is 81.4 cm³/mol. The summed E-state index contributed by atoms with van der Waals surface area (Å²) in [5.41, 5.74) is 1.71. The molecule has 0 bridgehead atoms. The van der Waals surface area contributed by atoms with Crippen LogP contribution in [0.25, 0.3) is 0 Å². The number of rotatable bonds is 4. The van der Waals surface area contributed by atoms with Crippen molar-refractivity contribution in [2.45, 2.75) is 11.5 Å². The maximum Gasteiger partial charge on any atom is 0.133 e. The predicted octanol–water partition coefficient (Wildman–Crippen LogP) is 4.62. The van der Waals surface area contributed by atoms with Crippen LogP contribution >= 0.6 is 27.7 Å². The average molecular weight is 334 g/mol. The highest BCUT2D eigenvalue weighted by atomic mass is 79.9. The highest BCUT2D eigenvalue weighted by Crippen LogP contribution is 2.31. The van der Waals surface area contributed by atoms with Crippen molar-refractivity contribution in [1.29, 1.82) is 5.26 Å². The van der Waals surface area contributed by atoms with Crippen LogP contribution in [0.2, 0.25) is 0 Å². The van der Waals surface area contributed by atoms with Gasteiger partial charge in [-0.25, -0.2) is 0 Å². The Bertz CT molecular complexity index is 605. The number of halogens is 1. The van der Waals surface area contributed by atoms with Gasteiger partial charge in [0.15, 0.2) is 0 Å². The Morgan fingerprint density at radius 3 is 2.58 bits per heavy atom. The van der Waals surface area contributed by atoms with Crippen LogP contribution in [0.1, 0.15) is 11.1 Å². The third-order valence-corrected chi connectivity index (χ3v) is 3.86. The lowest BCUT2D eigenvalue weighted by Crippen LogP contribution is -1.96. The van der Waals surface area contributed by atoms with E-state index >= 15 is 0 Å². The summed E-state index contributed by atoms with van der Waals surface area (Å²) in [5.74, 6) is 0.875.